The van der Waals surface area contributed by atoms with E-state index in [1.807, 2.05) is 6.07 Å². The molecule has 0 fully saturated rings. The Labute approximate surface area is 94.8 Å². The minimum absolute atomic E-state index is 0.331. The largest absolute Gasteiger partial charge is 0.401 e. The molecule has 0 aliphatic rings. The molecule has 0 radical (unpaired) electrons. The van der Waals surface area contributed by atoms with Crippen LogP contribution in [0.15, 0.2) is 28.7 Å². The molecule has 1 rings (SSSR count). The van der Waals surface area contributed by atoms with Crippen LogP contribution in [0.5, 0.6) is 0 Å². The van der Waals surface area contributed by atoms with Gasteiger partial charge in [0.2, 0.25) is 0 Å². The number of hydrogen-bond acceptors (Lipinski definition) is 1. The van der Waals surface area contributed by atoms with Gasteiger partial charge in [-0.05, 0) is 18.6 Å². The van der Waals surface area contributed by atoms with E-state index in [-0.39, 0.29) is 6.04 Å². The van der Waals surface area contributed by atoms with Crippen LogP contribution in [0.3, 0.4) is 0 Å². The minimum Gasteiger partial charge on any atom is -0.302 e. The summed E-state index contributed by atoms with van der Waals surface area (Å²) in [6.07, 6.45) is -4.17. The molecule has 5 heteroatoms. The average molecular weight is 282 g/mol. The summed E-state index contributed by atoms with van der Waals surface area (Å²) in [4.78, 5) is 0. The summed E-state index contributed by atoms with van der Waals surface area (Å²) in [6, 6.07) is 6.89. The molecule has 0 aliphatic heterocycles. The van der Waals surface area contributed by atoms with Gasteiger partial charge in [-0.15, -0.1) is 0 Å². The van der Waals surface area contributed by atoms with Gasteiger partial charge in [0.25, 0.3) is 0 Å². The fraction of sp³-hybridized carbons (Fsp3) is 0.400. The first-order valence-electron chi connectivity index (χ1n) is 4.45. The van der Waals surface area contributed by atoms with Crippen molar-refractivity contribution >= 4 is 15.9 Å². The lowest BCUT2D eigenvalue weighted by molar-refractivity contribution is -0.126. The van der Waals surface area contributed by atoms with Crippen molar-refractivity contribution in [3.63, 3.8) is 0 Å². The molecule has 84 valence electrons. The fourth-order valence-electron chi connectivity index (χ4n) is 1.21. The number of alkyl halides is 3. The van der Waals surface area contributed by atoms with Gasteiger partial charge >= 0.3 is 6.18 Å². The maximum absolute atomic E-state index is 12.0. The number of hydrogen-bond donors (Lipinski definition) is 1. The van der Waals surface area contributed by atoms with E-state index in [9.17, 15) is 13.2 Å². The predicted octanol–water partition coefficient (Wildman–Crippen LogP) is 3.66. The zero-order valence-electron chi connectivity index (χ0n) is 8.11. The Kier molecular flexibility index (Phi) is 4.16. The van der Waals surface area contributed by atoms with Crippen molar-refractivity contribution in [1.82, 2.24) is 5.32 Å². The van der Waals surface area contributed by atoms with Crippen molar-refractivity contribution in [2.24, 2.45) is 0 Å². The molecule has 0 heterocycles. The van der Waals surface area contributed by atoms with Crippen LogP contribution in [0.1, 0.15) is 18.5 Å². The zero-order valence-corrected chi connectivity index (χ0v) is 9.69. The summed E-state index contributed by atoms with van der Waals surface area (Å²) in [5.74, 6) is 0. The highest BCUT2D eigenvalue weighted by Crippen LogP contribution is 2.23. The standard InChI is InChI=1S/C10H11BrF3N/c1-7(15-6-10(12,13)14)8-4-2-3-5-9(8)11/h2-5,7,15H,6H2,1H3. The molecule has 1 unspecified atom stereocenters. The van der Waals surface area contributed by atoms with Gasteiger partial charge in [0.1, 0.15) is 0 Å². The summed E-state index contributed by atoms with van der Waals surface area (Å²) in [5, 5.41) is 2.42. The van der Waals surface area contributed by atoms with Gasteiger partial charge in [0.15, 0.2) is 0 Å². The van der Waals surface area contributed by atoms with Gasteiger partial charge in [-0.25, -0.2) is 0 Å². The molecular formula is C10H11BrF3N. The SMILES string of the molecule is CC(NCC(F)(F)F)c1ccccc1Br. The predicted molar refractivity (Wildman–Crippen MR) is 56.6 cm³/mol. The van der Waals surface area contributed by atoms with Crippen molar-refractivity contribution in [3.05, 3.63) is 34.3 Å². The summed E-state index contributed by atoms with van der Waals surface area (Å²) in [5.41, 5.74) is 0.821. The smallest absolute Gasteiger partial charge is 0.302 e. The van der Waals surface area contributed by atoms with Crippen LogP contribution in [0, 0.1) is 0 Å². The van der Waals surface area contributed by atoms with Gasteiger partial charge in [-0.2, -0.15) is 13.2 Å². The Hall–Kier alpha value is -0.550. The Morgan fingerprint density at radius 2 is 1.93 bits per heavy atom. The van der Waals surface area contributed by atoms with E-state index in [1.165, 1.54) is 0 Å². The summed E-state index contributed by atoms with van der Waals surface area (Å²) >= 11 is 3.30. The van der Waals surface area contributed by atoms with Crippen LogP contribution in [0.2, 0.25) is 0 Å². The molecule has 0 spiro atoms. The Morgan fingerprint density at radius 3 is 2.47 bits per heavy atom. The molecular weight excluding hydrogens is 271 g/mol. The van der Waals surface area contributed by atoms with Crippen molar-refractivity contribution in [1.29, 1.82) is 0 Å². The highest BCUT2D eigenvalue weighted by molar-refractivity contribution is 9.10. The maximum Gasteiger partial charge on any atom is 0.401 e. The van der Waals surface area contributed by atoms with Crippen LogP contribution in [0.4, 0.5) is 13.2 Å². The highest BCUT2D eigenvalue weighted by Gasteiger charge is 2.27. The van der Waals surface area contributed by atoms with E-state index in [4.69, 9.17) is 0 Å². The first-order valence-corrected chi connectivity index (χ1v) is 5.24. The lowest BCUT2D eigenvalue weighted by Crippen LogP contribution is -2.30. The lowest BCUT2D eigenvalue weighted by atomic mass is 10.1. The normalized spacial score (nSPS) is 13.9. The Morgan fingerprint density at radius 1 is 1.33 bits per heavy atom. The van der Waals surface area contributed by atoms with Gasteiger partial charge in [0, 0.05) is 10.5 Å². The molecule has 0 aromatic heterocycles. The Bertz CT molecular complexity index is 325. The fourth-order valence-corrected chi connectivity index (χ4v) is 1.83. The number of rotatable bonds is 3. The molecule has 15 heavy (non-hydrogen) atoms. The van der Waals surface area contributed by atoms with E-state index < -0.39 is 12.7 Å². The molecule has 1 N–H and O–H groups in total. The maximum atomic E-state index is 12.0. The summed E-state index contributed by atoms with van der Waals surface area (Å²) in [6.45, 7) is 0.724. The topological polar surface area (TPSA) is 12.0 Å². The van der Waals surface area contributed by atoms with Gasteiger partial charge in [-0.3, -0.25) is 0 Å². The van der Waals surface area contributed by atoms with Crippen LogP contribution >= 0.6 is 15.9 Å². The third kappa shape index (κ3) is 4.22. The monoisotopic (exact) mass is 281 g/mol. The van der Waals surface area contributed by atoms with E-state index in [1.54, 1.807) is 25.1 Å². The first-order chi connectivity index (χ1) is 6.90. The van der Waals surface area contributed by atoms with Crippen LogP contribution in [-0.2, 0) is 0 Å². The molecule has 1 nitrogen and oxygen atoms in total. The first kappa shape index (κ1) is 12.5. The molecule has 0 aliphatic carbocycles. The third-order valence-electron chi connectivity index (χ3n) is 1.98. The number of benzene rings is 1. The molecule has 1 atom stereocenters. The minimum atomic E-state index is -4.17. The van der Waals surface area contributed by atoms with E-state index in [2.05, 4.69) is 21.2 Å². The van der Waals surface area contributed by atoms with Gasteiger partial charge in [-0.1, -0.05) is 34.1 Å². The van der Waals surface area contributed by atoms with E-state index in [0.29, 0.717) is 0 Å². The lowest BCUT2D eigenvalue weighted by Gasteiger charge is -2.16. The zero-order chi connectivity index (χ0) is 11.5. The van der Waals surface area contributed by atoms with Crippen molar-refractivity contribution in [2.75, 3.05) is 6.54 Å². The molecule has 1 aromatic rings. The van der Waals surface area contributed by atoms with Crippen LogP contribution < -0.4 is 5.32 Å². The highest BCUT2D eigenvalue weighted by atomic mass is 79.9. The van der Waals surface area contributed by atoms with Crippen molar-refractivity contribution < 1.29 is 13.2 Å². The third-order valence-corrected chi connectivity index (χ3v) is 2.70. The second-order valence-corrected chi connectivity index (χ2v) is 4.09. The van der Waals surface area contributed by atoms with Gasteiger partial charge in [0.05, 0.1) is 6.54 Å². The Balaban J connectivity index is 2.62. The van der Waals surface area contributed by atoms with Gasteiger partial charge < -0.3 is 5.32 Å². The second kappa shape index (κ2) is 4.99. The quantitative estimate of drug-likeness (QED) is 0.892. The molecule has 0 bridgehead atoms. The van der Waals surface area contributed by atoms with E-state index in [0.717, 1.165) is 10.0 Å². The van der Waals surface area contributed by atoms with Crippen molar-refractivity contribution in [3.8, 4) is 0 Å². The molecule has 1 aromatic carbocycles. The molecule has 0 amide bonds. The molecule has 0 saturated carbocycles. The summed E-state index contributed by atoms with van der Waals surface area (Å²) < 4.78 is 36.7. The number of halogens is 4. The van der Waals surface area contributed by atoms with Crippen LogP contribution in [0.25, 0.3) is 0 Å². The second-order valence-electron chi connectivity index (χ2n) is 3.24. The van der Waals surface area contributed by atoms with Crippen molar-refractivity contribution in [2.45, 2.75) is 19.1 Å². The average Bonchev–Trinajstić information content (AvgIpc) is 2.14. The molecule has 0 saturated heterocycles. The van der Waals surface area contributed by atoms with E-state index >= 15 is 0 Å². The van der Waals surface area contributed by atoms with Crippen LogP contribution in [-0.4, -0.2) is 12.7 Å². The summed E-state index contributed by atoms with van der Waals surface area (Å²) in [7, 11) is 0. The number of nitrogens with one attached hydrogen (secondary N) is 1.